The monoisotopic (exact) mass is 404 g/mol. The molecule has 0 unspecified atom stereocenters. The molecule has 0 radical (unpaired) electrons. The maximum absolute atomic E-state index is 13.2. The minimum absolute atomic E-state index is 0.0449. The lowest BCUT2D eigenvalue weighted by atomic mass is 10.1. The van der Waals surface area contributed by atoms with Crippen LogP contribution >= 0.6 is 0 Å². The van der Waals surface area contributed by atoms with Crippen molar-refractivity contribution in [3.63, 3.8) is 0 Å². The second kappa shape index (κ2) is 7.55. The Morgan fingerprint density at radius 3 is 2.27 bits per heavy atom. The van der Waals surface area contributed by atoms with Crippen LogP contribution in [0.5, 0.6) is 11.8 Å². The zero-order valence-electron chi connectivity index (χ0n) is 15.2. The van der Waals surface area contributed by atoms with Crippen molar-refractivity contribution >= 4 is 22.6 Å². The van der Waals surface area contributed by atoms with Crippen LogP contribution in [0.15, 0.2) is 77.1 Å². The summed E-state index contributed by atoms with van der Waals surface area (Å²) in [5.41, 5.74) is 0.422. The van der Waals surface area contributed by atoms with Gasteiger partial charge in [-0.15, -0.1) is 10.2 Å². The zero-order valence-corrected chi connectivity index (χ0v) is 15.2. The highest BCUT2D eigenvalue weighted by atomic mass is 19.1. The van der Waals surface area contributed by atoms with Crippen molar-refractivity contribution in [3.8, 4) is 17.4 Å². The predicted octanol–water partition coefficient (Wildman–Crippen LogP) is 4.01. The average Bonchev–Trinajstić information content (AvgIpc) is 3.02. The molecular weight excluding hydrogens is 391 g/mol. The van der Waals surface area contributed by atoms with Crippen LogP contribution < -0.4 is 0 Å². The highest BCUT2D eigenvalue weighted by Gasteiger charge is 2.19. The lowest BCUT2D eigenvalue weighted by Crippen LogP contribution is -1.99. The van der Waals surface area contributed by atoms with E-state index in [-0.39, 0.29) is 33.8 Å². The van der Waals surface area contributed by atoms with Gasteiger partial charge < -0.3 is 10.2 Å². The summed E-state index contributed by atoms with van der Waals surface area (Å²) in [6.07, 6.45) is 1.42. The Balaban J connectivity index is 1.67. The van der Waals surface area contributed by atoms with Crippen molar-refractivity contribution in [2.24, 2.45) is 10.2 Å². The molecule has 0 aliphatic carbocycles. The molecule has 2 amide bonds. The molecule has 8 nitrogen and oxygen atoms in total. The number of pyridine rings is 1. The summed E-state index contributed by atoms with van der Waals surface area (Å²) < 4.78 is 14.3. The van der Waals surface area contributed by atoms with Crippen molar-refractivity contribution in [2.75, 3.05) is 0 Å². The number of hydrogen-bond acceptors (Lipinski definition) is 5. The topological polar surface area (TPSA) is 117 Å². The number of fused-ring (bicyclic) bond motifs is 1. The van der Waals surface area contributed by atoms with Crippen molar-refractivity contribution in [1.82, 2.24) is 9.55 Å². The van der Waals surface area contributed by atoms with Gasteiger partial charge in [0.2, 0.25) is 11.8 Å². The molecule has 0 saturated heterocycles. The molecule has 0 aliphatic heterocycles. The second-order valence-corrected chi connectivity index (χ2v) is 6.24. The van der Waals surface area contributed by atoms with Crippen LogP contribution in [0.2, 0.25) is 0 Å². The standard InChI is InChI=1S/C21H13FN4O4/c22-13-5-7-14(8-6-13)26-20(29)15-9-4-12(11-16(15)21(26)30)18(27)24-25-19(28)17-3-1-2-10-23-17/h1-11,29-30H. The molecule has 2 aromatic carbocycles. The predicted molar refractivity (Wildman–Crippen MR) is 104 cm³/mol. The van der Waals surface area contributed by atoms with Gasteiger partial charge in [0.05, 0.1) is 5.69 Å². The van der Waals surface area contributed by atoms with E-state index in [0.717, 1.165) is 4.57 Å². The van der Waals surface area contributed by atoms with Crippen molar-refractivity contribution in [3.05, 3.63) is 83.9 Å². The number of amides is 2. The second-order valence-electron chi connectivity index (χ2n) is 6.24. The third-order valence-corrected chi connectivity index (χ3v) is 4.37. The molecule has 30 heavy (non-hydrogen) atoms. The first-order chi connectivity index (χ1) is 14.5. The van der Waals surface area contributed by atoms with E-state index in [0.29, 0.717) is 5.69 Å². The lowest BCUT2D eigenvalue weighted by molar-refractivity contribution is 0.0944. The third-order valence-electron chi connectivity index (χ3n) is 4.37. The molecular formula is C21H13FN4O4. The Morgan fingerprint density at radius 2 is 1.57 bits per heavy atom. The normalized spacial score (nSPS) is 11.2. The summed E-state index contributed by atoms with van der Waals surface area (Å²) >= 11 is 0. The first kappa shape index (κ1) is 18.9. The first-order valence-corrected chi connectivity index (χ1v) is 8.69. The Bertz CT molecular complexity index is 1300. The van der Waals surface area contributed by atoms with Gasteiger partial charge in [-0.05, 0) is 54.6 Å². The van der Waals surface area contributed by atoms with Crippen molar-refractivity contribution in [1.29, 1.82) is 0 Å². The largest absolute Gasteiger partial charge is 0.494 e. The summed E-state index contributed by atoms with van der Waals surface area (Å²) in [5, 5.41) is 28.2. The highest BCUT2D eigenvalue weighted by Crippen LogP contribution is 2.39. The zero-order chi connectivity index (χ0) is 21.3. The number of aromatic hydroxyl groups is 2. The van der Waals surface area contributed by atoms with Crippen LogP contribution in [0.25, 0.3) is 16.5 Å². The molecule has 0 spiro atoms. The van der Waals surface area contributed by atoms with E-state index < -0.39 is 17.6 Å². The summed E-state index contributed by atoms with van der Waals surface area (Å²) in [7, 11) is 0. The molecule has 148 valence electrons. The van der Waals surface area contributed by atoms with Crippen LogP contribution in [0.1, 0.15) is 20.8 Å². The number of carbonyl (C=O) groups excluding carboxylic acids is 2. The van der Waals surface area contributed by atoms with Gasteiger partial charge in [0.25, 0.3) is 5.91 Å². The number of benzene rings is 2. The number of hydrogen-bond donors (Lipinski definition) is 2. The molecule has 4 aromatic rings. The van der Waals surface area contributed by atoms with Crippen LogP contribution in [0.3, 0.4) is 0 Å². The van der Waals surface area contributed by atoms with E-state index >= 15 is 0 Å². The fourth-order valence-corrected chi connectivity index (χ4v) is 2.92. The highest BCUT2D eigenvalue weighted by molar-refractivity contribution is 6.03. The van der Waals surface area contributed by atoms with E-state index in [4.69, 9.17) is 0 Å². The number of aromatic nitrogens is 2. The van der Waals surface area contributed by atoms with Gasteiger partial charge in [-0.25, -0.2) is 4.39 Å². The number of halogens is 1. The van der Waals surface area contributed by atoms with E-state index in [1.165, 1.54) is 54.7 Å². The molecule has 2 N–H and O–H groups in total. The number of azo groups is 1. The third kappa shape index (κ3) is 3.39. The minimum atomic E-state index is -0.811. The van der Waals surface area contributed by atoms with Crippen LogP contribution in [0, 0.1) is 5.82 Å². The molecule has 0 saturated carbocycles. The fraction of sp³-hybridized carbons (Fsp3) is 0. The van der Waals surface area contributed by atoms with Gasteiger partial charge in [0.15, 0.2) is 0 Å². The Hall–Kier alpha value is -4.40. The summed E-state index contributed by atoms with van der Waals surface area (Å²) in [4.78, 5) is 28.0. The minimum Gasteiger partial charge on any atom is -0.494 e. The fourth-order valence-electron chi connectivity index (χ4n) is 2.92. The number of carbonyl (C=O) groups is 2. The number of nitrogens with zero attached hydrogens (tertiary/aromatic N) is 4. The summed E-state index contributed by atoms with van der Waals surface area (Å²) in [5.74, 6) is -2.67. The molecule has 0 bridgehead atoms. The van der Waals surface area contributed by atoms with E-state index in [9.17, 15) is 24.2 Å². The molecule has 9 heteroatoms. The molecule has 4 rings (SSSR count). The maximum Gasteiger partial charge on any atom is 0.314 e. The Labute approximate surface area is 168 Å². The van der Waals surface area contributed by atoms with E-state index in [2.05, 4.69) is 15.2 Å². The van der Waals surface area contributed by atoms with Gasteiger partial charge in [-0.1, -0.05) is 6.07 Å². The Kier molecular flexibility index (Phi) is 4.77. The van der Waals surface area contributed by atoms with Gasteiger partial charge in [0.1, 0.15) is 11.5 Å². The molecule has 2 aromatic heterocycles. The van der Waals surface area contributed by atoms with Crippen LogP contribution in [-0.2, 0) is 0 Å². The maximum atomic E-state index is 13.2. The van der Waals surface area contributed by atoms with Crippen LogP contribution in [-0.4, -0.2) is 31.6 Å². The van der Waals surface area contributed by atoms with E-state index in [1.54, 1.807) is 12.1 Å². The van der Waals surface area contributed by atoms with Gasteiger partial charge in [-0.3, -0.25) is 19.1 Å². The molecule has 0 atom stereocenters. The quantitative estimate of drug-likeness (QED) is 0.500. The van der Waals surface area contributed by atoms with Crippen LogP contribution in [0.4, 0.5) is 4.39 Å². The first-order valence-electron chi connectivity index (χ1n) is 8.69. The summed E-state index contributed by atoms with van der Waals surface area (Å²) in [6, 6.07) is 13.9. The SMILES string of the molecule is O=C(N=NC(=O)c1ccccn1)c1ccc2c(O)n(-c3ccc(F)cc3)c(O)c2c1. The van der Waals surface area contributed by atoms with Crippen molar-refractivity contribution in [2.45, 2.75) is 0 Å². The van der Waals surface area contributed by atoms with Gasteiger partial charge in [-0.2, -0.15) is 0 Å². The summed E-state index contributed by atoms with van der Waals surface area (Å²) in [6.45, 7) is 0. The molecule has 0 aliphatic rings. The number of rotatable bonds is 3. The lowest BCUT2D eigenvalue weighted by Gasteiger charge is -2.06. The van der Waals surface area contributed by atoms with Gasteiger partial charge in [0, 0.05) is 22.5 Å². The van der Waals surface area contributed by atoms with Gasteiger partial charge >= 0.3 is 5.91 Å². The smallest absolute Gasteiger partial charge is 0.314 e. The molecule has 0 fully saturated rings. The van der Waals surface area contributed by atoms with Crippen molar-refractivity contribution < 1.29 is 24.2 Å². The molecule has 2 heterocycles. The Morgan fingerprint density at radius 1 is 0.867 bits per heavy atom. The average molecular weight is 404 g/mol. The van der Waals surface area contributed by atoms with E-state index in [1.807, 2.05) is 0 Å².